The van der Waals surface area contributed by atoms with E-state index in [0.29, 0.717) is 13.1 Å². The summed E-state index contributed by atoms with van der Waals surface area (Å²) in [4.78, 5) is 13.8. The molecule has 2 unspecified atom stereocenters. The van der Waals surface area contributed by atoms with Crippen LogP contribution in [-0.4, -0.2) is 61.5 Å². The molecule has 0 spiro atoms. The third-order valence-corrected chi connectivity index (χ3v) is 2.96. The van der Waals surface area contributed by atoms with Gasteiger partial charge in [0.15, 0.2) is 0 Å². The molecule has 1 rings (SSSR count). The lowest BCUT2D eigenvalue weighted by molar-refractivity contribution is -0.154. The number of carbonyl (C=O) groups excluding carboxylic acids is 1. The van der Waals surface area contributed by atoms with Gasteiger partial charge >= 0.3 is 5.97 Å². The van der Waals surface area contributed by atoms with Gasteiger partial charge in [-0.05, 0) is 20.8 Å². The van der Waals surface area contributed by atoms with Crippen molar-refractivity contribution >= 4 is 5.97 Å². The van der Waals surface area contributed by atoms with Crippen LogP contribution in [0.15, 0.2) is 0 Å². The number of methoxy groups -OCH3 is 1. The number of aliphatic hydroxyl groups excluding tert-OH is 1. The number of nitrogens with zero attached hydrogens (tertiary/aromatic N) is 1. The van der Waals surface area contributed by atoms with E-state index in [-0.39, 0.29) is 24.8 Å². The van der Waals surface area contributed by atoms with E-state index < -0.39 is 5.41 Å². The van der Waals surface area contributed by atoms with Gasteiger partial charge in [0.05, 0.1) is 31.3 Å². The minimum Gasteiger partial charge on any atom is -0.469 e. The molecule has 1 aliphatic rings. The Balaban J connectivity index is 2.58. The highest BCUT2D eigenvalue weighted by Crippen LogP contribution is 2.21. The van der Waals surface area contributed by atoms with E-state index >= 15 is 0 Å². The molecule has 0 bridgehead atoms. The highest BCUT2D eigenvalue weighted by Gasteiger charge is 2.34. The fourth-order valence-electron chi connectivity index (χ4n) is 2.27. The third kappa shape index (κ3) is 3.94. The van der Waals surface area contributed by atoms with Crippen molar-refractivity contribution in [3.8, 4) is 0 Å². The number of rotatable bonds is 4. The molecule has 1 N–H and O–H groups in total. The van der Waals surface area contributed by atoms with E-state index in [1.807, 2.05) is 20.8 Å². The maximum atomic E-state index is 11.6. The molecule has 0 aromatic heterocycles. The molecule has 100 valence electrons. The summed E-state index contributed by atoms with van der Waals surface area (Å²) in [5.41, 5.74) is -0.536. The number of esters is 1. The Morgan fingerprint density at radius 1 is 1.53 bits per heavy atom. The summed E-state index contributed by atoms with van der Waals surface area (Å²) in [6, 6.07) is 0. The number of aliphatic hydroxyl groups is 1. The Bertz CT molecular complexity index is 267. The largest absolute Gasteiger partial charge is 0.469 e. The zero-order valence-electron chi connectivity index (χ0n) is 11.1. The Labute approximate surface area is 103 Å². The molecule has 17 heavy (non-hydrogen) atoms. The van der Waals surface area contributed by atoms with Gasteiger partial charge in [-0.1, -0.05) is 0 Å². The predicted octanol–water partition coefficient (Wildman–Crippen LogP) is 0.267. The Morgan fingerprint density at radius 3 is 2.71 bits per heavy atom. The highest BCUT2D eigenvalue weighted by atomic mass is 16.5. The molecule has 1 aliphatic heterocycles. The van der Waals surface area contributed by atoms with Crippen LogP contribution in [0, 0.1) is 5.41 Å². The van der Waals surface area contributed by atoms with Gasteiger partial charge in [0, 0.05) is 19.6 Å². The predicted molar refractivity (Wildman–Crippen MR) is 63.7 cm³/mol. The first-order chi connectivity index (χ1) is 7.89. The van der Waals surface area contributed by atoms with Gasteiger partial charge in [0.1, 0.15) is 0 Å². The van der Waals surface area contributed by atoms with Gasteiger partial charge in [-0.2, -0.15) is 0 Å². The van der Waals surface area contributed by atoms with Crippen molar-refractivity contribution in [2.45, 2.75) is 33.0 Å². The van der Waals surface area contributed by atoms with Crippen LogP contribution in [0.1, 0.15) is 20.8 Å². The van der Waals surface area contributed by atoms with Crippen LogP contribution in [0.5, 0.6) is 0 Å². The quantitative estimate of drug-likeness (QED) is 0.720. The van der Waals surface area contributed by atoms with E-state index in [1.54, 1.807) is 0 Å². The van der Waals surface area contributed by atoms with Gasteiger partial charge in [-0.3, -0.25) is 9.69 Å². The molecule has 5 nitrogen and oxygen atoms in total. The topological polar surface area (TPSA) is 59.0 Å². The van der Waals surface area contributed by atoms with Gasteiger partial charge in [0.25, 0.3) is 0 Å². The minimum atomic E-state index is -0.536. The van der Waals surface area contributed by atoms with Crippen LogP contribution in [0.25, 0.3) is 0 Å². The van der Waals surface area contributed by atoms with Gasteiger partial charge < -0.3 is 14.6 Å². The van der Waals surface area contributed by atoms with Gasteiger partial charge in [-0.25, -0.2) is 0 Å². The Morgan fingerprint density at radius 2 is 2.18 bits per heavy atom. The third-order valence-electron chi connectivity index (χ3n) is 2.96. The molecule has 0 aliphatic carbocycles. The van der Waals surface area contributed by atoms with E-state index in [2.05, 4.69) is 4.90 Å². The van der Waals surface area contributed by atoms with Crippen LogP contribution in [0.3, 0.4) is 0 Å². The number of carbonyl (C=O) groups is 1. The number of hydrogen-bond acceptors (Lipinski definition) is 5. The molecular weight excluding hydrogens is 222 g/mol. The maximum Gasteiger partial charge on any atom is 0.312 e. The molecule has 0 amide bonds. The normalized spacial score (nSPS) is 26.9. The maximum absolute atomic E-state index is 11.6. The molecular formula is C12H23NO4. The summed E-state index contributed by atoms with van der Waals surface area (Å²) in [5, 5.41) is 9.14. The van der Waals surface area contributed by atoms with E-state index in [1.165, 1.54) is 7.11 Å². The summed E-state index contributed by atoms with van der Waals surface area (Å²) in [6.45, 7) is 7.77. The molecule has 0 saturated carbocycles. The lowest BCUT2D eigenvalue weighted by Gasteiger charge is -2.39. The van der Waals surface area contributed by atoms with Crippen molar-refractivity contribution in [3.05, 3.63) is 0 Å². The van der Waals surface area contributed by atoms with Crippen molar-refractivity contribution in [1.29, 1.82) is 0 Å². The standard InChI is InChI=1S/C12H23NO4/c1-9-5-13(6-10(7-14)17-9)8-12(2,3)11(15)16-4/h9-10,14H,5-8H2,1-4H3. The van der Waals surface area contributed by atoms with Crippen LogP contribution >= 0.6 is 0 Å². The van der Waals surface area contributed by atoms with Crippen LogP contribution in [0.4, 0.5) is 0 Å². The SMILES string of the molecule is COC(=O)C(C)(C)CN1CC(C)OC(CO)C1. The molecule has 0 radical (unpaired) electrons. The second kappa shape index (κ2) is 5.80. The first kappa shape index (κ1) is 14.4. The summed E-state index contributed by atoms with van der Waals surface area (Å²) < 4.78 is 10.3. The lowest BCUT2D eigenvalue weighted by atomic mass is 9.92. The molecule has 5 heteroatoms. The van der Waals surface area contributed by atoms with Crippen LogP contribution < -0.4 is 0 Å². The summed E-state index contributed by atoms with van der Waals surface area (Å²) in [5.74, 6) is -0.211. The molecule has 1 fully saturated rings. The highest BCUT2D eigenvalue weighted by molar-refractivity contribution is 5.76. The molecule has 1 heterocycles. The second-order valence-electron chi connectivity index (χ2n) is 5.32. The first-order valence-corrected chi connectivity index (χ1v) is 5.96. The lowest BCUT2D eigenvalue weighted by Crippen LogP contribution is -2.51. The summed E-state index contributed by atoms with van der Waals surface area (Å²) in [7, 11) is 1.41. The van der Waals surface area contributed by atoms with Crippen molar-refractivity contribution < 1.29 is 19.4 Å². The Hall–Kier alpha value is -0.650. The van der Waals surface area contributed by atoms with Crippen molar-refractivity contribution in [1.82, 2.24) is 4.90 Å². The second-order valence-corrected chi connectivity index (χ2v) is 5.32. The zero-order valence-corrected chi connectivity index (χ0v) is 11.1. The fourth-order valence-corrected chi connectivity index (χ4v) is 2.27. The fraction of sp³-hybridized carbons (Fsp3) is 0.917. The molecule has 0 aromatic rings. The number of hydrogen-bond donors (Lipinski definition) is 1. The van der Waals surface area contributed by atoms with Crippen LogP contribution in [0.2, 0.25) is 0 Å². The summed E-state index contributed by atoms with van der Waals surface area (Å²) >= 11 is 0. The summed E-state index contributed by atoms with van der Waals surface area (Å²) in [6.07, 6.45) is -0.0819. The average Bonchev–Trinajstić information content (AvgIpc) is 2.26. The first-order valence-electron chi connectivity index (χ1n) is 5.96. The zero-order chi connectivity index (χ0) is 13.1. The molecule has 2 atom stereocenters. The smallest absolute Gasteiger partial charge is 0.312 e. The molecule has 0 aromatic carbocycles. The van der Waals surface area contributed by atoms with Gasteiger partial charge in [-0.15, -0.1) is 0 Å². The average molecular weight is 245 g/mol. The van der Waals surface area contributed by atoms with E-state index in [9.17, 15) is 4.79 Å². The Kier molecular flexibility index (Phi) is 4.91. The van der Waals surface area contributed by atoms with Crippen molar-refractivity contribution in [2.24, 2.45) is 5.41 Å². The molecule has 1 saturated heterocycles. The van der Waals surface area contributed by atoms with E-state index in [0.717, 1.165) is 6.54 Å². The minimum absolute atomic E-state index is 0.0134. The van der Waals surface area contributed by atoms with E-state index in [4.69, 9.17) is 14.6 Å². The monoisotopic (exact) mass is 245 g/mol. The van der Waals surface area contributed by atoms with Crippen molar-refractivity contribution in [2.75, 3.05) is 33.4 Å². The van der Waals surface area contributed by atoms with Crippen molar-refractivity contribution in [3.63, 3.8) is 0 Å². The number of morpholine rings is 1. The van der Waals surface area contributed by atoms with Gasteiger partial charge in [0.2, 0.25) is 0 Å². The van der Waals surface area contributed by atoms with Crippen LogP contribution in [-0.2, 0) is 14.3 Å². The number of ether oxygens (including phenoxy) is 2.